The maximum absolute atomic E-state index is 11.6. The predicted octanol–water partition coefficient (Wildman–Crippen LogP) is 3.68. The molecule has 0 unspecified atom stereocenters. The second-order valence-corrected chi connectivity index (χ2v) is 4.96. The zero-order valence-corrected chi connectivity index (χ0v) is 12.0. The topological polar surface area (TPSA) is 38.3 Å². The average molecular weight is 290 g/mol. The van der Waals surface area contributed by atoms with Gasteiger partial charge in [-0.1, -0.05) is 36.5 Å². The molecule has 0 fully saturated rings. The molecule has 0 aliphatic heterocycles. The van der Waals surface area contributed by atoms with Crippen LogP contribution in [0, 0.1) is 0 Å². The van der Waals surface area contributed by atoms with Gasteiger partial charge >= 0.3 is 0 Å². The van der Waals surface area contributed by atoms with Crippen LogP contribution in [0.2, 0.25) is 10.0 Å². The Labute approximate surface area is 117 Å². The van der Waals surface area contributed by atoms with Crippen molar-refractivity contribution in [1.82, 2.24) is 5.32 Å². The Bertz CT molecular complexity index is 410. The predicted molar refractivity (Wildman–Crippen MR) is 74.5 cm³/mol. The number of nitrogens with one attached hydrogen (secondary N) is 1. The largest absolute Gasteiger partial charge is 0.482 e. The molecule has 0 saturated carbocycles. The van der Waals surface area contributed by atoms with E-state index in [0.29, 0.717) is 15.8 Å². The second kappa shape index (κ2) is 7.49. The Morgan fingerprint density at radius 2 is 2.17 bits per heavy atom. The van der Waals surface area contributed by atoms with E-state index in [1.165, 1.54) is 0 Å². The van der Waals surface area contributed by atoms with Crippen LogP contribution in [-0.2, 0) is 4.79 Å². The Morgan fingerprint density at radius 3 is 2.78 bits per heavy atom. The van der Waals surface area contributed by atoms with Crippen molar-refractivity contribution in [2.45, 2.75) is 32.7 Å². The second-order valence-electron chi connectivity index (χ2n) is 4.12. The van der Waals surface area contributed by atoms with Gasteiger partial charge < -0.3 is 10.1 Å². The number of amides is 1. The third-order valence-corrected chi connectivity index (χ3v) is 2.91. The minimum atomic E-state index is -0.151. The molecule has 1 N–H and O–H groups in total. The molecule has 0 aliphatic carbocycles. The highest BCUT2D eigenvalue weighted by Gasteiger charge is 2.08. The van der Waals surface area contributed by atoms with E-state index >= 15 is 0 Å². The van der Waals surface area contributed by atoms with E-state index < -0.39 is 0 Å². The number of ether oxygens (including phenoxy) is 1. The van der Waals surface area contributed by atoms with Crippen LogP contribution < -0.4 is 10.1 Å². The fraction of sp³-hybridized carbons (Fsp3) is 0.462. The Hall–Kier alpha value is -0.930. The summed E-state index contributed by atoms with van der Waals surface area (Å²) in [5, 5.41) is 3.78. The molecule has 0 heterocycles. The standard InChI is InChI=1S/C13H17Cl2NO2/c1-3-4-9(2)16-13(17)8-18-12-6-5-10(14)7-11(12)15/h5-7,9H,3-4,8H2,1-2H3,(H,16,17)/t9-/m0/s1. The first kappa shape index (κ1) is 15.1. The van der Waals surface area contributed by atoms with Crippen molar-refractivity contribution < 1.29 is 9.53 Å². The lowest BCUT2D eigenvalue weighted by molar-refractivity contribution is -0.123. The number of rotatable bonds is 6. The number of benzene rings is 1. The minimum absolute atomic E-state index is 0.0462. The zero-order valence-electron chi connectivity index (χ0n) is 10.5. The van der Waals surface area contributed by atoms with Crippen molar-refractivity contribution in [2.75, 3.05) is 6.61 Å². The first-order chi connectivity index (χ1) is 8.52. The quantitative estimate of drug-likeness (QED) is 0.868. The van der Waals surface area contributed by atoms with Crippen LogP contribution in [0.3, 0.4) is 0 Å². The summed E-state index contributed by atoms with van der Waals surface area (Å²) in [4.78, 5) is 11.6. The van der Waals surface area contributed by atoms with Crippen LogP contribution in [0.4, 0.5) is 0 Å². The maximum Gasteiger partial charge on any atom is 0.258 e. The summed E-state index contributed by atoms with van der Waals surface area (Å²) < 4.78 is 5.33. The Morgan fingerprint density at radius 1 is 1.44 bits per heavy atom. The monoisotopic (exact) mass is 289 g/mol. The molecule has 0 bridgehead atoms. The highest BCUT2D eigenvalue weighted by Crippen LogP contribution is 2.27. The number of halogens is 2. The number of carbonyl (C=O) groups excluding carboxylic acids is 1. The van der Waals surface area contributed by atoms with Crippen LogP contribution in [0.5, 0.6) is 5.75 Å². The number of carbonyl (C=O) groups is 1. The summed E-state index contributed by atoms with van der Waals surface area (Å²) in [7, 11) is 0. The molecule has 1 atom stereocenters. The van der Waals surface area contributed by atoms with Gasteiger partial charge in [0.15, 0.2) is 6.61 Å². The summed E-state index contributed by atoms with van der Waals surface area (Å²) >= 11 is 11.7. The molecule has 5 heteroatoms. The Balaban J connectivity index is 2.42. The zero-order chi connectivity index (χ0) is 13.5. The van der Waals surface area contributed by atoms with Crippen LogP contribution >= 0.6 is 23.2 Å². The van der Waals surface area contributed by atoms with Crippen LogP contribution in [0.1, 0.15) is 26.7 Å². The van der Waals surface area contributed by atoms with Crippen molar-refractivity contribution in [2.24, 2.45) is 0 Å². The molecular weight excluding hydrogens is 273 g/mol. The number of hydrogen-bond acceptors (Lipinski definition) is 2. The molecule has 18 heavy (non-hydrogen) atoms. The normalized spacial score (nSPS) is 12.0. The smallest absolute Gasteiger partial charge is 0.258 e. The van der Waals surface area contributed by atoms with E-state index in [9.17, 15) is 4.79 Å². The summed E-state index contributed by atoms with van der Waals surface area (Å²) in [6.45, 7) is 4.00. The van der Waals surface area contributed by atoms with E-state index in [0.717, 1.165) is 12.8 Å². The molecule has 3 nitrogen and oxygen atoms in total. The molecule has 0 saturated heterocycles. The molecular formula is C13H17Cl2NO2. The van der Waals surface area contributed by atoms with Gasteiger partial charge in [-0.3, -0.25) is 4.79 Å². The maximum atomic E-state index is 11.6. The van der Waals surface area contributed by atoms with Crippen LogP contribution in [-0.4, -0.2) is 18.6 Å². The van der Waals surface area contributed by atoms with Gasteiger partial charge in [-0.05, 0) is 31.5 Å². The van der Waals surface area contributed by atoms with Gasteiger partial charge in [-0.2, -0.15) is 0 Å². The van der Waals surface area contributed by atoms with Crippen LogP contribution in [0.25, 0.3) is 0 Å². The van der Waals surface area contributed by atoms with E-state index in [4.69, 9.17) is 27.9 Å². The van der Waals surface area contributed by atoms with Gasteiger partial charge in [0.25, 0.3) is 5.91 Å². The lowest BCUT2D eigenvalue weighted by Gasteiger charge is -2.13. The third kappa shape index (κ3) is 5.15. The summed E-state index contributed by atoms with van der Waals surface area (Å²) in [5.41, 5.74) is 0. The third-order valence-electron chi connectivity index (χ3n) is 2.38. The molecule has 0 spiro atoms. The van der Waals surface area contributed by atoms with Crippen LogP contribution in [0.15, 0.2) is 18.2 Å². The van der Waals surface area contributed by atoms with E-state index in [2.05, 4.69) is 12.2 Å². The first-order valence-corrected chi connectivity index (χ1v) is 6.65. The van der Waals surface area contributed by atoms with Gasteiger partial charge in [-0.25, -0.2) is 0 Å². The Kier molecular flexibility index (Phi) is 6.30. The van der Waals surface area contributed by atoms with Gasteiger partial charge in [-0.15, -0.1) is 0 Å². The van der Waals surface area contributed by atoms with Gasteiger partial charge in [0, 0.05) is 11.1 Å². The highest BCUT2D eigenvalue weighted by atomic mass is 35.5. The first-order valence-electron chi connectivity index (χ1n) is 5.90. The highest BCUT2D eigenvalue weighted by molar-refractivity contribution is 6.35. The molecule has 0 aromatic heterocycles. The summed E-state index contributed by atoms with van der Waals surface area (Å²) in [6, 6.07) is 5.05. The number of hydrogen-bond donors (Lipinski definition) is 1. The molecule has 1 aromatic carbocycles. The molecule has 1 aromatic rings. The fourth-order valence-electron chi connectivity index (χ4n) is 1.56. The molecule has 1 rings (SSSR count). The lowest BCUT2D eigenvalue weighted by atomic mass is 10.2. The van der Waals surface area contributed by atoms with E-state index in [1.807, 2.05) is 6.92 Å². The minimum Gasteiger partial charge on any atom is -0.482 e. The fourth-order valence-corrected chi connectivity index (χ4v) is 2.02. The molecule has 1 amide bonds. The molecule has 0 radical (unpaired) electrons. The SMILES string of the molecule is CCC[C@H](C)NC(=O)COc1ccc(Cl)cc1Cl. The average Bonchev–Trinajstić information content (AvgIpc) is 2.28. The van der Waals surface area contributed by atoms with Gasteiger partial charge in [0.2, 0.25) is 0 Å². The van der Waals surface area contributed by atoms with Crippen molar-refractivity contribution in [3.63, 3.8) is 0 Å². The van der Waals surface area contributed by atoms with Crippen molar-refractivity contribution in [3.8, 4) is 5.75 Å². The summed E-state index contributed by atoms with van der Waals surface area (Å²) in [6.07, 6.45) is 1.98. The van der Waals surface area contributed by atoms with Gasteiger partial charge in [0.05, 0.1) is 5.02 Å². The van der Waals surface area contributed by atoms with E-state index in [1.54, 1.807) is 18.2 Å². The lowest BCUT2D eigenvalue weighted by Crippen LogP contribution is -2.35. The van der Waals surface area contributed by atoms with Crippen molar-refractivity contribution in [3.05, 3.63) is 28.2 Å². The molecule has 0 aliphatic rings. The van der Waals surface area contributed by atoms with Crippen molar-refractivity contribution >= 4 is 29.1 Å². The summed E-state index contributed by atoms with van der Waals surface area (Å²) in [5.74, 6) is 0.307. The van der Waals surface area contributed by atoms with Crippen molar-refractivity contribution in [1.29, 1.82) is 0 Å². The molecule has 100 valence electrons. The van der Waals surface area contributed by atoms with E-state index in [-0.39, 0.29) is 18.6 Å². The van der Waals surface area contributed by atoms with Gasteiger partial charge in [0.1, 0.15) is 5.75 Å².